The summed E-state index contributed by atoms with van der Waals surface area (Å²) in [5.74, 6) is -1.04. The van der Waals surface area contributed by atoms with Crippen molar-refractivity contribution >= 4 is 52.6 Å². The largest absolute Gasteiger partial charge is 0.323 e. The number of fused-ring (bicyclic) bond motifs is 1. The maximum atomic E-state index is 12.9. The Kier molecular flexibility index (Phi) is 6.08. The molecule has 2 N–H and O–H groups in total. The summed E-state index contributed by atoms with van der Waals surface area (Å²) in [6.07, 6.45) is 0.493. The number of carbonyl (C=O) groups is 4. The number of hydrogen-bond acceptors (Lipinski definition) is 4. The lowest BCUT2D eigenvalue weighted by atomic mass is 10.0. The summed E-state index contributed by atoms with van der Waals surface area (Å²) in [6, 6.07) is 9.08. The maximum Gasteiger partial charge on any atom is 0.321 e. The van der Waals surface area contributed by atoms with Crippen molar-refractivity contribution in [2.24, 2.45) is 0 Å². The van der Waals surface area contributed by atoms with Gasteiger partial charge < -0.3 is 15.1 Å². The van der Waals surface area contributed by atoms with E-state index in [9.17, 15) is 19.2 Å². The Bertz CT molecular complexity index is 1140. The molecule has 0 spiro atoms. The van der Waals surface area contributed by atoms with Crippen molar-refractivity contribution in [1.82, 2.24) is 15.1 Å². The second-order valence-electron chi connectivity index (χ2n) is 7.76. The first-order chi connectivity index (χ1) is 15.2. The Hall–Kier alpha value is -3.10. The Morgan fingerprint density at radius 1 is 1.19 bits per heavy atom. The van der Waals surface area contributed by atoms with Crippen LogP contribution in [0.4, 0.5) is 10.5 Å². The SMILES string of the molecule is CN(Cc1cccc2c1CN(C1CCC(=O)NC1=O)C2=O)C(=O)Nc1ccc(Cl)c(Cl)c1. The van der Waals surface area contributed by atoms with Crippen LogP contribution in [-0.4, -0.2) is 46.6 Å². The van der Waals surface area contributed by atoms with E-state index in [-0.39, 0.29) is 37.4 Å². The molecule has 2 aromatic rings. The Labute approximate surface area is 194 Å². The van der Waals surface area contributed by atoms with Gasteiger partial charge in [-0.2, -0.15) is 0 Å². The Morgan fingerprint density at radius 3 is 2.69 bits per heavy atom. The van der Waals surface area contributed by atoms with Crippen LogP contribution in [0.2, 0.25) is 10.0 Å². The molecule has 32 heavy (non-hydrogen) atoms. The number of rotatable bonds is 4. The first-order valence-electron chi connectivity index (χ1n) is 9.97. The smallest absolute Gasteiger partial charge is 0.321 e. The molecule has 0 saturated carbocycles. The van der Waals surface area contributed by atoms with Crippen molar-refractivity contribution in [2.45, 2.75) is 32.0 Å². The third-order valence-corrected chi connectivity index (χ3v) is 6.34. The van der Waals surface area contributed by atoms with Gasteiger partial charge in [0.1, 0.15) is 6.04 Å². The van der Waals surface area contributed by atoms with Gasteiger partial charge in [-0.3, -0.25) is 19.7 Å². The molecule has 0 bridgehead atoms. The molecule has 0 radical (unpaired) electrons. The van der Waals surface area contributed by atoms with Crippen LogP contribution >= 0.6 is 23.2 Å². The molecule has 2 aliphatic heterocycles. The number of imide groups is 1. The van der Waals surface area contributed by atoms with Crippen LogP contribution in [0.1, 0.15) is 34.3 Å². The molecule has 1 fully saturated rings. The zero-order valence-corrected chi connectivity index (χ0v) is 18.7. The highest BCUT2D eigenvalue weighted by Crippen LogP contribution is 2.30. The Balaban J connectivity index is 1.48. The predicted octanol–water partition coefficient (Wildman–Crippen LogP) is 3.42. The average molecular weight is 475 g/mol. The second kappa shape index (κ2) is 8.80. The van der Waals surface area contributed by atoms with Crippen molar-refractivity contribution in [3.8, 4) is 0 Å². The summed E-state index contributed by atoms with van der Waals surface area (Å²) >= 11 is 11.9. The number of piperidine rings is 1. The van der Waals surface area contributed by atoms with Crippen molar-refractivity contribution in [3.05, 3.63) is 63.1 Å². The molecule has 1 atom stereocenters. The second-order valence-corrected chi connectivity index (χ2v) is 8.57. The van der Waals surface area contributed by atoms with E-state index in [2.05, 4.69) is 10.6 Å². The fourth-order valence-corrected chi connectivity index (χ4v) is 4.22. The van der Waals surface area contributed by atoms with Crippen LogP contribution in [0.3, 0.4) is 0 Å². The normalized spacial score (nSPS) is 17.8. The molecule has 1 saturated heterocycles. The predicted molar refractivity (Wildman–Crippen MR) is 119 cm³/mol. The van der Waals surface area contributed by atoms with E-state index < -0.39 is 11.9 Å². The minimum absolute atomic E-state index is 0.195. The minimum atomic E-state index is -0.684. The first kappa shape index (κ1) is 22.1. The van der Waals surface area contributed by atoms with Gasteiger partial charge >= 0.3 is 6.03 Å². The molecule has 2 aromatic carbocycles. The lowest BCUT2D eigenvalue weighted by Gasteiger charge is -2.29. The van der Waals surface area contributed by atoms with E-state index in [1.54, 1.807) is 37.4 Å². The highest BCUT2D eigenvalue weighted by molar-refractivity contribution is 6.42. The third-order valence-electron chi connectivity index (χ3n) is 5.60. The van der Waals surface area contributed by atoms with Crippen LogP contribution in [0, 0.1) is 0 Å². The number of urea groups is 1. The van der Waals surface area contributed by atoms with Gasteiger partial charge in [0, 0.05) is 37.8 Å². The summed E-state index contributed by atoms with van der Waals surface area (Å²) in [5, 5.41) is 5.78. The number of nitrogens with zero attached hydrogens (tertiary/aromatic N) is 2. The van der Waals surface area contributed by atoms with E-state index in [1.165, 1.54) is 9.80 Å². The minimum Gasteiger partial charge on any atom is -0.323 e. The van der Waals surface area contributed by atoms with Crippen molar-refractivity contribution < 1.29 is 19.2 Å². The lowest BCUT2D eigenvalue weighted by Crippen LogP contribution is -2.52. The zero-order chi connectivity index (χ0) is 23.0. The molecule has 2 heterocycles. The van der Waals surface area contributed by atoms with Crippen LogP contribution in [-0.2, 0) is 22.7 Å². The number of benzene rings is 2. The number of nitrogens with one attached hydrogen (secondary N) is 2. The quantitative estimate of drug-likeness (QED) is 0.663. The molecule has 10 heteroatoms. The molecule has 166 valence electrons. The molecule has 1 unspecified atom stereocenters. The summed E-state index contributed by atoms with van der Waals surface area (Å²) in [7, 11) is 1.64. The number of amides is 5. The van der Waals surface area contributed by atoms with Gasteiger partial charge in [0.2, 0.25) is 11.8 Å². The zero-order valence-electron chi connectivity index (χ0n) is 17.2. The molecule has 2 aliphatic rings. The number of hydrogen-bond donors (Lipinski definition) is 2. The topological polar surface area (TPSA) is 98.8 Å². The summed E-state index contributed by atoms with van der Waals surface area (Å²) in [6.45, 7) is 0.506. The molecular weight excluding hydrogens is 455 g/mol. The molecule has 0 aromatic heterocycles. The summed E-state index contributed by atoms with van der Waals surface area (Å²) < 4.78 is 0. The standard InChI is InChI=1S/C22H20Cl2N4O4/c1-27(22(32)25-13-5-6-16(23)17(24)9-13)10-12-3-2-4-14-15(12)11-28(21(14)31)18-7-8-19(29)26-20(18)30/h2-6,9,18H,7-8,10-11H2,1H3,(H,25,32)(H,26,29,30). The third kappa shape index (κ3) is 4.28. The highest BCUT2D eigenvalue weighted by atomic mass is 35.5. The highest BCUT2D eigenvalue weighted by Gasteiger charge is 2.39. The van der Waals surface area contributed by atoms with Gasteiger partial charge in [-0.05, 0) is 41.8 Å². The number of halogens is 2. The van der Waals surface area contributed by atoms with Crippen LogP contribution in [0.15, 0.2) is 36.4 Å². The molecule has 0 aliphatic carbocycles. The fraction of sp³-hybridized carbons (Fsp3) is 0.273. The average Bonchev–Trinajstić information content (AvgIpc) is 3.08. The van der Waals surface area contributed by atoms with Gasteiger partial charge in [0.05, 0.1) is 10.0 Å². The van der Waals surface area contributed by atoms with Crippen LogP contribution < -0.4 is 10.6 Å². The van der Waals surface area contributed by atoms with E-state index in [0.717, 1.165) is 11.1 Å². The number of carbonyl (C=O) groups excluding carboxylic acids is 4. The van der Waals surface area contributed by atoms with E-state index in [4.69, 9.17) is 23.2 Å². The maximum absolute atomic E-state index is 12.9. The summed E-state index contributed by atoms with van der Waals surface area (Å²) in [5.41, 5.74) is 2.59. The van der Waals surface area contributed by atoms with Gasteiger partial charge in [0.15, 0.2) is 0 Å². The van der Waals surface area contributed by atoms with Crippen molar-refractivity contribution in [2.75, 3.05) is 12.4 Å². The summed E-state index contributed by atoms with van der Waals surface area (Å²) in [4.78, 5) is 52.3. The monoisotopic (exact) mass is 474 g/mol. The molecule has 5 amide bonds. The fourth-order valence-electron chi connectivity index (χ4n) is 3.92. The van der Waals surface area contributed by atoms with E-state index in [1.807, 2.05) is 6.07 Å². The van der Waals surface area contributed by atoms with E-state index >= 15 is 0 Å². The van der Waals surface area contributed by atoms with Crippen LogP contribution in [0.5, 0.6) is 0 Å². The first-order valence-corrected chi connectivity index (χ1v) is 10.7. The molecule has 4 rings (SSSR count). The Morgan fingerprint density at radius 2 is 1.97 bits per heavy atom. The van der Waals surface area contributed by atoms with Gasteiger partial charge in [-0.15, -0.1) is 0 Å². The van der Waals surface area contributed by atoms with Crippen LogP contribution in [0.25, 0.3) is 0 Å². The lowest BCUT2D eigenvalue weighted by molar-refractivity contribution is -0.136. The van der Waals surface area contributed by atoms with Crippen molar-refractivity contribution in [1.29, 1.82) is 0 Å². The van der Waals surface area contributed by atoms with E-state index in [0.29, 0.717) is 27.7 Å². The number of anilines is 1. The van der Waals surface area contributed by atoms with Gasteiger partial charge in [0.25, 0.3) is 5.91 Å². The molecule has 8 nitrogen and oxygen atoms in total. The van der Waals surface area contributed by atoms with Crippen molar-refractivity contribution in [3.63, 3.8) is 0 Å². The van der Waals surface area contributed by atoms with Gasteiger partial charge in [-0.25, -0.2) is 4.79 Å². The molecular formula is C22H20Cl2N4O4. The van der Waals surface area contributed by atoms with Gasteiger partial charge in [-0.1, -0.05) is 35.3 Å².